The number of hydrogen-bond donors (Lipinski definition) is 0. The van der Waals surface area contributed by atoms with Gasteiger partial charge in [-0.1, -0.05) is 76.2 Å². The van der Waals surface area contributed by atoms with Gasteiger partial charge in [0, 0.05) is 47.5 Å². The Kier molecular flexibility index (Phi) is 14.1. The van der Waals surface area contributed by atoms with Crippen molar-refractivity contribution in [3.63, 3.8) is 0 Å². The van der Waals surface area contributed by atoms with Crippen molar-refractivity contribution < 1.29 is 43.7 Å². The first-order valence-electron chi connectivity index (χ1n) is 12.4. The highest BCUT2D eigenvalue weighted by molar-refractivity contribution is 6.50. The zero-order valence-corrected chi connectivity index (χ0v) is 22.6. The molecule has 4 rings (SSSR count). The fourth-order valence-electron chi connectivity index (χ4n) is 3.54. The summed E-state index contributed by atoms with van der Waals surface area (Å²) in [5.41, 5.74) is 5.31. The number of hydrogen-bond acceptors (Lipinski definition) is 0. The summed E-state index contributed by atoms with van der Waals surface area (Å²) in [5, 5.41) is 0. The second-order valence-corrected chi connectivity index (χ2v) is 8.98. The third kappa shape index (κ3) is 15.0. The minimum atomic E-state index is -6.00. The van der Waals surface area contributed by atoms with E-state index in [1.165, 1.54) is 22.5 Å². The summed E-state index contributed by atoms with van der Waals surface area (Å²) in [6.07, 6.45) is 8.34. The summed E-state index contributed by atoms with van der Waals surface area (Å²) < 4.78 is 82.3. The van der Waals surface area contributed by atoms with E-state index in [1.54, 1.807) is 0 Å². The minimum Gasteiger partial charge on any atom is -0.418 e. The molecule has 0 aliphatic carbocycles. The molecule has 0 spiro atoms. The maximum absolute atomic E-state index is 9.75. The number of rotatable bonds is 4. The molecule has 2 nitrogen and oxygen atoms in total. The molecule has 0 aliphatic rings. The molecule has 2 heterocycles. The molecule has 2 aromatic heterocycles. The van der Waals surface area contributed by atoms with Gasteiger partial charge >= 0.3 is 14.5 Å². The van der Waals surface area contributed by atoms with E-state index in [0.29, 0.717) is 11.8 Å². The van der Waals surface area contributed by atoms with Crippen LogP contribution in [0.25, 0.3) is 11.4 Å². The van der Waals surface area contributed by atoms with Crippen LogP contribution < -0.4 is 9.13 Å². The third-order valence-corrected chi connectivity index (χ3v) is 5.10. The molecule has 0 saturated carbocycles. The smallest absolute Gasteiger partial charge is 0.418 e. The fourth-order valence-corrected chi connectivity index (χ4v) is 3.54. The van der Waals surface area contributed by atoms with E-state index >= 15 is 0 Å². The number of para-hydroxylation sites is 2. The van der Waals surface area contributed by atoms with Gasteiger partial charge in [0.25, 0.3) is 0 Å². The fraction of sp³-hybridized carbons (Fsp3) is 0.214. The third-order valence-electron chi connectivity index (χ3n) is 5.10. The van der Waals surface area contributed by atoms with Crippen molar-refractivity contribution >= 4 is 14.5 Å². The Hall–Kier alpha value is -3.69. The monoisotopic (exact) mass is 570 g/mol. The summed E-state index contributed by atoms with van der Waals surface area (Å²) in [7, 11) is -12.0. The van der Waals surface area contributed by atoms with Crippen LogP contribution in [0, 0.1) is 0 Å². The second-order valence-electron chi connectivity index (χ2n) is 8.98. The van der Waals surface area contributed by atoms with Gasteiger partial charge in [-0.15, -0.1) is 0 Å². The van der Waals surface area contributed by atoms with Crippen LogP contribution in [0.3, 0.4) is 0 Å². The highest BCUT2D eigenvalue weighted by atomic mass is 19.5. The molecular formula is C28H32B2F8N2. The van der Waals surface area contributed by atoms with Crippen molar-refractivity contribution in [1.82, 2.24) is 0 Å². The van der Waals surface area contributed by atoms with Crippen LogP contribution in [-0.2, 0) is 0 Å². The standard InChI is InChI=1S/2C14H16N.2BF4/c2*1-12(2)13-8-4-5-9-14(13)15-10-6-3-7-11-15;2*2-1(3,4)5/h2*3-12H,1-2H3;;/q2*+1;2*-1. The Labute approximate surface area is 230 Å². The lowest BCUT2D eigenvalue weighted by atomic mass is 10.0. The van der Waals surface area contributed by atoms with Crippen LogP contribution in [0.5, 0.6) is 0 Å². The first kappa shape index (κ1) is 34.3. The minimum absolute atomic E-state index is 0.550. The molecule has 2 aromatic carbocycles. The molecule has 0 amide bonds. The topological polar surface area (TPSA) is 7.76 Å². The van der Waals surface area contributed by atoms with Crippen LogP contribution in [-0.4, -0.2) is 14.5 Å². The van der Waals surface area contributed by atoms with Crippen molar-refractivity contribution in [2.24, 2.45) is 0 Å². The summed E-state index contributed by atoms with van der Waals surface area (Å²) in [4.78, 5) is 0. The highest BCUT2D eigenvalue weighted by Crippen LogP contribution is 2.19. The van der Waals surface area contributed by atoms with Gasteiger partial charge in [0.2, 0.25) is 11.4 Å². The predicted molar refractivity (Wildman–Crippen MR) is 144 cm³/mol. The Bertz CT molecular complexity index is 1140. The number of halogens is 8. The predicted octanol–water partition coefficient (Wildman–Crippen LogP) is 8.77. The van der Waals surface area contributed by atoms with Gasteiger partial charge in [0.1, 0.15) is 0 Å². The number of benzene rings is 2. The molecular weight excluding hydrogens is 538 g/mol. The van der Waals surface area contributed by atoms with Crippen molar-refractivity contribution in [2.75, 3.05) is 0 Å². The molecule has 0 aliphatic heterocycles. The van der Waals surface area contributed by atoms with Gasteiger partial charge in [-0.25, -0.2) is 0 Å². The number of nitrogens with zero attached hydrogens (tertiary/aromatic N) is 2. The Balaban J connectivity index is 0.000000302. The molecule has 0 bridgehead atoms. The number of pyridine rings is 2. The lowest BCUT2D eigenvalue weighted by Crippen LogP contribution is -2.30. The van der Waals surface area contributed by atoms with Crippen LogP contribution in [0.1, 0.15) is 50.7 Å². The molecule has 4 aromatic rings. The molecule has 0 radical (unpaired) electrons. The molecule has 0 atom stereocenters. The molecule has 0 unspecified atom stereocenters. The van der Waals surface area contributed by atoms with Crippen molar-refractivity contribution in [1.29, 1.82) is 0 Å². The normalized spacial score (nSPS) is 10.9. The van der Waals surface area contributed by atoms with E-state index in [1.807, 2.05) is 12.1 Å². The van der Waals surface area contributed by atoms with Crippen molar-refractivity contribution in [2.45, 2.75) is 39.5 Å². The van der Waals surface area contributed by atoms with Gasteiger partial charge in [-0.2, -0.15) is 9.13 Å². The Morgan fingerprint density at radius 2 is 0.675 bits per heavy atom. The Morgan fingerprint density at radius 1 is 0.425 bits per heavy atom. The van der Waals surface area contributed by atoms with Crippen LogP contribution in [0.2, 0.25) is 0 Å². The molecule has 0 fully saturated rings. The SMILES string of the molecule is CC(C)c1ccccc1-[n+]1ccccc1.CC(C)c1ccccc1-[n+]1ccccc1.F[B-](F)(F)F.F[B-](F)(F)F. The van der Waals surface area contributed by atoms with Gasteiger partial charge in [0.15, 0.2) is 24.8 Å². The van der Waals surface area contributed by atoms with Gasteiger partial charge in [-0.05, 0) is 11.8 Å². The van der Waals surface area contributed by atoms with E-state index in [9.17, 15) is 34.5 Å². The maximum Gasteiger partial charge on any atom is 0.673 e. The summed E-state index contributed by atoms with van der Waals surface area (Å²) in [5.74, 6) is 1.10. The molecule has 216 valence electrons. The summed E-state index contributed by atoms with van der Waals surface area (Å²) in [6, 6.07) is 29.4. The molecule has 0 N–H and O–H groups in total. The van der Waals surface area contributed by atoms with Gasteiger partial charge in [-0.3, -0.25) is 0 Å². The van der Waals surface area contributed by atoms with Crippen molar-refractivity contribution in [3.05, 3.63) is 121 Å². The first-order chi connectivity index (χ1) is 18.6. The quantitative estimate of drug-likeness (QED) is 0.132. The lowest BCUT2D eigenvalue weighted by Gasteiger charge is -2.07. The Morgan fingerprint density at radius 3 is 0.925 bits per heavy atom. The second kappa shape index (κ2) is 16.4. The van der Waals surface area contributed by atoms with E-state index in [4.69, 9.17) is 0 Å². The van der Waals surface area contributed by atoms with Gasteiger partial charge < -0.3 is 34.5 Å². The zero-order chi connectivity index (χ0) is 30.3. The maximum atomic E-state index is 9.75. The van der Waals surface area contributed by atoms with E-state index in [2.05, 4.69) is 134 Å². The number of aromatic nitrogens is 2. The zero-order valence-electron chi connectivity index (χ0n) is 22.6. The van der Waals surface area contributed by atoms with E-state index < -0.39 is 14.5 Å². The van der Waals surface area contributed by atoms with Gasteiger partial charge in [0.05, 0.1) is 0 Å². The van der Waals surface area contributed by atoms with Crippen LogP contribution in [0.15, 0.2) is 110 Å². The lowest BCUT2D eigenvalue weighted by molar-refractivity contribution is -0.596. The molecule has 0 saturated heterocycles. The van der Waals surface area contributed by atoms with E-state index in [0.717, 1.165) is 0 Å². The molecule has 12 heteroatoms. The van der Waals surface area contributed by atoms with Crippen molar-refractivity contribution in [3.8, 4) is 11.4 Å². The average Bonchev–Trinajstić information content (AvgIpc) is 2.88. The summed E-state index contributed by atoms with van der Waals surface area (Å²) in [6.45, 7) is 8.90. The largest absolute Gasteiger partial charge is 0.673 e. The van der Waals surface area contributed by atoms with Crippen LogP contribution >= 0.6 is 0 Å². The average molecular weight is 570 g/mol. The molecule has 40 heavy (non-hydrogen) atoms. The van der Waals surface area contributed by atoms with Crippen LogP contribution in [0.4, 0.5) is 34.5 Å². The van der Waals surface area contributed by atoms with E-state index in [-0.39, 0.29) is 0 Å². The first-order valence-corrected chi connectivity index (χ1v) is 12.4. The highest BCUT2D eigenvalue weighted by Gasteiger charge is 2.21. The summed E-state index contributed by atoms with van der Waals surface area (Å²) >= 11 is 0.